The molecule has 9 amide bonds. The SMILES string of the molecule is CCCC[C@H](NC(C)=O)C(=O)N[C@H]1CC(=O)NCCCC[C@@H](C(N)=O)NC(=O)[C@H](Cc2c[nH]c3ccccc23)NC(=O)[C@H](CCCN=C(N)N)NC(=O)[C@@H](Cc2ccc3ccccc3c2)NC(=O)C2(CC2)NC1=O. The number of amides is 9. The topological polar surface area (TPSA) is 356 Å². The highest BCUT2D eigenvalue weighted by Gasteiger charge is 2.53. The van der Waals surface area contributed by atoms with E-state index in [9.17, 15) is 43.2 Å². The fraction of sp³-hybridized carbons (Fsp3) is 0.462. The number of benzene rings is 3. The Hall–Kier alpha value is -8.04. The average Bonchev–Trinajstić information content (AvgIpc) is 4.04. The first-order chi connectivity index (χ1) is 35.4. The minimum absolute atomic E-state index is 0.0303. The van der Waals surface area contributed by atoms with E-state index in [1.165, 1.54) is 6.92 Å². The summed E-state index contributed by atoms with van der Waals surface area (Å²) in [6.07, 6.45) is 3.67. The molecule has 396 valence electrons. The van der Waals surface area contributed by atoms with Gasteiger partial charge in [-0.1, -0.05) is 80.4 Å². The minimum Gasteiger partial charge on any atom is -0.370 e. The lowest BCUT2D eigenvalue weighted by Gasteiger charge is -2.28. The van der Waals surface area contributed by atoms with Crippen molar-refractivity contribution in [3.63, 3.8) is 0 Å². The Morgan fingerprint density at radius 3 is 2.19 bits per heavy atom. The van der Waals surface area contributed by atoms with Crippen LogP contribution >= 0.6 is 0 Å². The molecule has 6 rings (SSSR count). The Morgan fingerprint density at radius 2 is 1.47 bits per heavy atom. The molecule has 2 heterocycles. The van der Waals surface area contributed by atoms with E-state index in [0.717, 1.165) is 21.7 Å². The highest BCUT2D eigenvalue weighted by Crippen LogP contribution is 2.36. The first-order valence-electron chi connectivity index (χ1n) is 25.2. The van der Waals surface area contributed by atoms with Crippen LogP contribution in [0.5, 0.6) is 0 Å². The molecule has 3 aromatic carbocycles. The van der Waals surface area contributed by atoms with Gasteiger partial charge < -0.3 is 64.7 Å². The van der Waals surface area contributed by atoms with Crippen LogP contribution in [0.3, 0.4) is 0 Å². The number of guanidine groups is 1. The van der Waals surface area contributed by atoms with E-state index in [0.29, 0.717) is 30.4 Å². The number of carbonyl (C=O) groups excluding carboxylic acids is 9. The molecule has 1 spiro atoms. The third kappa shape index (κ3) is 15.7. The van der Waals surface area contributed by atoms with Gasteiger partial charge in [-0.2, -0.15) is 0 Å². The summed E-state index contributed by atoms with van der Waals surface area (Å²) in [5.74, 6) is -6.70. The summed E-state index contributed by atoms with van der Waals surface area (Å²) in [4.78, 5) is 132. The van der Waals surface area contributed by atoms with Gasteiger partial charge in [-0.15, -0.1) is 0 Å². The molecule has 0 bridgehead atoms. The highest BCUT2D eigenvalue weighted by molar-refractivity contribution is 6.01. The van der Waals surface area contributed by atoms with Gasteiger partial charge >= 0.3 is 0 Å². The molecule has 0 radical (unpaired) electrons. The second-order valence-electron chi connectivity index (χ2n) is 19.1. The number of aromatic amines is 1. The number of fused-ring (bicyclic) bond motifs is 2. The van der Waals surface area contributed by atoms with E-state index in [1.807, 2.05) is 67.6 Å². The maximum atomic E-state index is 14.8. The number of nitrogens with zero attached hydrogens (tertiary/aromatic N) is 1. The van der Waals surface area contributed by atoms with E-state index in [2.05, 4.69) is 52.5 Å². The number of nitrogens with one attached hydrogen (secondary N) is 9. The van der Waals surface area contributed by atoms with E-state index < -0.39 is 101 Å². The van der Waals surface area contributed by atoms with Gasteiger partial charge in [0, 0.05) is 50.0 Å². The molecule has 22 nitrogen and oxygen atoms in total. The zero-order valence-corrected chi connectivity index (χ0v) is 41.9. The van der Waals surface area contributed by atoms with Crippen molar-refractivity contribution in [2.45, 2.75) is 139 Å². The molecular formula is C52H69N13O9. The van der Waals surface area contributed by atoms with E-state index >= 15 is 0 Å². The quantitative estimate of drug-likeness (QED) is 0.0431. The number of para-hydroxylation sites is 1. The Bertz CT molecular complexity index is 2730. The van der Waals surface area contributed by atoms with Crippen molar-refractivity contribution in [1.82, 2.24) is 47.5 Å². The molecule has 1 aromatic heterocycles. The van der Waals surface area contributed by atoms with E-state index in [1.54, 1.807) is 12.3 Å². The number of unbranched alkanes of at least 4 members (excludes halogenated alkanes) is 1. The standard InChI is InChI=1S/C52H69N13O9/c1-3-4-15-38(59-30(2)66)45(69)63-42-28-43(67)56-23-10-9-17-37(44(53)68)60-48(72)41(27-34-29-58-36-16-8-7-14-35(34)36)62-46(70)39(18-11-24-57-51(54)55)61-47(71)40(64-50(74)52(21-22-52)65-49(42)73)26-31-19-20-32-12-5-6-13-33(32)25-31/h5-8,12-14,16,19-20,25,29,37-42,58H,3-4,9-11,15,17-18,21-24,26-28H2,1-2H3,(H2,53,68)(H,56,67)(H,59,66)(H,60,72)(H,61,71)(H,62,70)(H,63,69)(H,64,74)(H,65,73)(H4,54,55,57)/t37-,38-,39-,40+,41-,42-/m0/s1. The Kier molecular flexibility index (Phi) is 19.5. The molecule has 22 heteroatoms. The van der Waals surface area contributed by atoms with Gasteiger partial charge in [0.25, 0.3) is 0 Å². The fourth-order valence-electron chi connectivity index (χ4n) is 8.93. The normalized spacial score (nSPS) is 21.7. The average molecular weight is 1020 g/mol. The molecule has 0 unspecified atom stereocenters. The Morgan fingerprint density at radius 1 is 0.784 bits per heavy atom. The van der Waals surface area contributed by atoms with Gasteiger partial charge in [-0.3, -0.25) is 48.1 Å². The van der Waals surface area contributed by atoms with Crippen molar-refractivity contribution in [2.75, 3.05) is 13.1 Å². The molecule has 2 aliphatic rings. The number of H-pyrrole nitrogens is 1. The van der Waals surface area contributed by atoms with Crippen LogP contribution in [0.15, 0.2) is 77.9 Å². The highest BCUT2D eigenvalue weighted by atomic mass is 16.2. The maximum Gasteiger partial charge on any atom is 0.246 e. The van der Waals surface area contributed by atoms with Crippen molar-refractivity contribution in [3.8, 4) is 0 Å². The van der Waals surface area contributed by atoms with E-state index in [4.69, 9.17) is 17.2 Å². The molecule has 6 atom stereocenters. The number of carbonyl (C=O) groups is 9. The predicted octanol–water partition coefficient (Wildman–Crippen LogP) is 0.103. The molecule has 15 N–H and O–H groups in total. The third-order valence-corrected chi connectivity index (χ3v) is 13.2. The molecule has 74 heavy (non-hydrogen) atoms. The van der Waals surface area contributed by atoms with Gasteiger partial charge in [-0.25, -0.2) is 0 Å². The van der Waals surface area contributed by atoms with Crippen LogP contribution in [0.25, 0.3) is 21.7 Å². The molecule has 1 saturated heterocycles. The molecule has 1 aliphatic carbocycles. The summed E-state index contributed by atoms with van der Waals surface area (Å²) in [6, 6.07) is 12.8. The van der Waals surface area contributed by atoms with Crippen LogP contribution < -0.4 is 59.7 Å². The lowest BCUT2D eigenvalue weighted by Crippen LogP contribution is -2.61. The fourth-order valence-corrected chi connectivity index (χ4v) is 8.93. The van der Waals surface area contributed by atoms with Gasteiger partial charge in [0.2, 0.25) is 53.2 Å². The number of hydrogen-bond acceptors (Lipinski definition) is 10. The number of aromatic nitrogens is 1. The van der Waals surface area contributed by atoms with Crippen LogP contribution in [0.4, 0.5) is 0 Å². The summed E-state index contributed by atoms with van der Waals surface area (Å²) < 4.78 is 0. The van der Waals surface area contributed by atoms with Crippen LogP contribution in [-0.4, -0.2) is 119 Å². The summed E-state index contributed by atoms with van der Waals surface area (Å²) >= 11 is 0. The van der Waals surface area contributed by atoms with Crippen LogP contribution in [0.1, 0.15) is 95.6 Å². The lowest BCUT2D eigenvalue weighted by molar-refractivity contribution is -0.137. The zero-order valence-electron chi connectivity index (χ0n) is 41.9. The smallest absolute Gasteiger partial charge is 0.246 e. The second-order valence-corrected chi connectivity index (χ2v) is 19.1. The molecular weight excluding hydrogens is 951 g/mol. The summed E-state index contributed by atoms with van der Waals surface area (Å²) in [5, 5.41) is 24.4. The number of aliphatic imine (C=N–C) groups is 1. The van der Waals surface area contributed by atoms with Crippen molar-refractivity contribution in [1.29, 1.82) is 0 Å². The largest absolute Gasteiger partial charge is 0.370 e. The van der Waals surface area contributed by atoms with Crippen LogP contribution in [-0.2, 0) is 56.0 Å². The van der Waals surface area contributed by atoms with Gasteiger partial charge in [0.1, 0.15) is 41.8 Å². The van der Waals surface area contributed by atoms with Gasteiger partial charge in [0.15, 0.2) is 5.96 Å². The predicted molar refractivity (Wildman–Crippen MR) is 277 cm³/mol. The molecule has 2 fully saturated rings. The number of rotatable bonds is 15. The Labute approximate surface area is 428 Å². The summed E-state index contributed by atoms with van der Waals surface area (Å²) in [5.41, 5.74) is 17.5. The first kappa shape index (κ1) is 55.3. The summed E-state index contributed by atoms with van der Waals surface area (Å²) in [7, 11) is 0. The lowest BCUT2D eigenvalue weighted by atomic mass is 9.99. The van der Waals surface area contributed by atoms with Crippen molar-refractivity contribution in [3.05, 3.63) is 84.1 Å². The van der Waals surface area contributed by atoms with Crippen LogP contribution in [0, 0.1) is 0 Å². The van der Waals surface area contributed by atoms with Crippen LogP contribution in [0.2, 0.25) is 0 Å². The minimum atomic E-state index is -1.55. The molecule has 4 aromatic rings. The van der Waals surface area contributed by atoms with Gasteiger partial charge in [0.05, 0.1) is 6.42 Å². The Balaban J connectivity index is 1.36. The van der Waals surface area contributed by atoms with Crippen molar-refractivity contribution >= 4 is 80.8 Å². The number of nitrogens with two attached hydrogens (primary N) is 3. The third-order valence-electron chi connectivity index (χ3n) is 13.2. The molecule has 1 aliphatic heterocycles. The second kappa shape index (κ2) is 26.1. The molecule has 1 saturated carbocycles. The van der Waals surface area contributed by atoms with Gasteiger partial charge in [-0.05, 0) is 79.3 Å². The van der Waals surface area contributed by atoms with E-state index in [-0.39, 0.29) is 76.8 Å². The maximum absolute atomic E-state index is 14.8. The number of primary amides is 1. The summed E-state index contributed by atoms with van der Waals surface area (Å²) in [6.45, 7) is 3.32. The first-order valence-corrected chi connectivity index (χ1v) is 25.2. The van der Waals surface area contributed by atoms with Crippen molar-refractivity contribution < 1.29 is 43.2 Å². The number of hydrogen-bond donors (Lipinski definition) is 12. The monoisotopic (exact) mass is 1020 g/mol. The zero-order chi connectivity index (χ0) is 53.4. The van der Waals surface area contributed by atoms with Crippen molar-refractivity contribution in [2.24, 2.45) is 22.2 Å².